The Morgan fingerprint density at radius 3 is 2.00 bits per heavy atom. The predicted molar refractivity (Wildman–Crippen MR) is 61.3 cm³/mol. The third-order valence-electron chi connectivity index (χ3n) is 2.02. The summed E-state index contributed by atoms with van der Waals surface area (Å²) in [7, 11) is 0. The Balaban J connectivity index is 5.06. The van der Waals surface area contributed by atoms with E-state index >= 15 is 0 Å². The van der Waals surface area contributed by atoms with E-state index in [1.54, 1.807) is 6.92 Å². The van der Waals surface area contributed by atoms with Gasteiger partial charge in [0, 0.05) is 0 Å². The molecule has 0 aliphatic rings. The van der Waals surface area contributed by atoms with Crippen LogP contribution in [0.5, 0.6) is 0 Å². The van der Waals surface area contributed by atoms with Crippen molar-refractivity contribution < 1.29 is 23.9 Å². The first-order valence-electron chi connectivity index (χ1n) is 5.09. The number of carbonyl (C=O) groups is 4. The molecule has 0 fully saturated rings. The van der Waals surface area contributed by atoms with E-state index in [2.05, 4.69) is 4.74 Å². The quantitative estimate of drug-likeness (QED) is 0.182. The van der Waals surface area contributed by atoms with Crippen molar-refractivity contribution in [1.82, 2.24) is 10.0 Å². The molecule has 0 saturated carbocycles. The number of amides is 5. The van der Waals surface area contributed by atoms with Gasteiger partial charge in [-0.1, -0.05) is 0 Å². The molecule has 1 atom stereocenters. The monoisotopic (exact) mass is 276 g/mol. The Hall–Kier alpha value is -2.40. The Kier molecular flexibility index (Phi) is 6.23. The smallest absolute Gasteiger partial charge is 0.336 e. The summed E-state index contributed by atoms with van der Waals surface area (Å²) in [5, 5.41) is 0.286. The third kappa shape index (κ3) is 4.77. The summed E-state index contributed by atoms with van der Waals surface area (Å²) in [6, 6.07) is -4.06. The van der Waals surface area contributed by atoms with Crippen molar-refractivity contribution in [2.75, 3.05) is 6.61 Å². The highest BCUT2D eigenvalue weighted by Crippen LogP contribution is 2.05. The van der Waals surface area contributed by atoms with Crippen molar-refractivity contribution >= 4 is 23.9 Å². The average Bonchev–Trinajstić information content (AvgIpc) is 2.33. The topological polar surface area (TPSA) is 188 Å². The number of urea groups is 2. The van der Waals surface area contributed by atoms with Crippen LogP contribution in [0.2, 0.25) is 0 Å². The molecular weight excluding hydrogens is 260 g/mol. The van der Waals surface area contributed by atoms with Crippen molar-refractivity contribution in [3.63, 3.8) is 0 Å². The second-order valence-electron chi connectivity index (χ2n) is 3.32. The number of carbonyl (C=O) groups excluding carboxylic acids is 4. The number of hydrogen-bond acceptors (Lipinski definition) is 7. The normalized spacial score (nSPS) is 11.3. The fourth-order valence-corrected chi connectivity index (χ4v) is 1.11. The van der Waals surface area contributed by atoms with Crippen LogP contribution >= 0.6 is 0 Å². The number of hydrazine groups is 2. The van der Waals surface area contributed by atoms with Crippen LogP contribution < -0.4 is 23.2 Å². The molecule has 108 valence electrons. The second-order valence-corrected chi connectivity index (χ2v) is 3.32. The van der Waals surface area contributed by atoms with Crippen LogP contribution in [0, 0.1) is 0 Å². The summed E-state index contributed by atoms with van der Waals surface area (Å²) < 4.78 is 4.59. The molecule has 0 heterocycles. The fraction of sp³-hybridized carbons (Fsp3) is 0.500. The highest BCUT2D eigenvalue weighted by atomic mass is 16.5. The van der Waals surface area contributed by atoms with Gasteiger partial charge in [-0.3, -0.25) is 9.59 Å². The van der Waals surface area contributed by atoms with Gasteiger partial charge in [-0.2, -0.15) is 5.01 Å². The van der Waals surface area contributed by atoms with Crippen molar-refractivity contribution in [3.05, 3.63) is 0 Å². The van der Waals surface area contributed by atoms with Gasteiger partial charge in [0.2, 0.25) is 0 Å². The lowest BCUT2D eigenvalue weighted by Crippen LogP contribution is -2.60. The third-order valence-corrected chi connectivity index (χ3v) is 2.02. The van der Waals surface area contributed by atoms with Crippen LogP contribution in [0.3, 0.4) is 0 Å². The van der Waals surface area contributed by atoms with Gasteiger partial charge in [0.15, 0.2) is 0 Å². The average molecular weight is 276 g/mol. The number of ether oxygens (including phenoxy) is 1. The second kappa shape index (κ2) is 7.13. The minimum atomic E-state index is -1.59. The first kappa shape index (κ1) is 16.6. The van der Waals surface area contributed by atoms with Crippen LogP contribution in [0.15, 0.2) is 0 Å². The number of nitrogens with zero attached hydrogens (tertiary/aromatic N) is 2. The molecular formula is C8H16N6O5. The molecule has 1 unspecified atom stereocenters. The zero-order valence-corrected chi connectivity index (χ0v) is 10.2. The van der Waals surface area contributed by atoms with E-state index in [9.17, 15) is 19.2 Å². The molecule has 0 bridgehead atoms. The number of esters is 1. The summed E-state index contributed by atoms with van der Waals surface area (Å²) in [5.74, 6) is 8.32. The highest BCUT2D eigenvalue weighted by Gasteiger charge is 2.34. The van der Waals surface area contributed by atoms with Gasteiger partial charge < -0.3 is 16.2 Å². The lowest BCUT2D eigenvalue weighted by Gasteiger charge is -2.26. The van der Waals surface area contributed by atoms with E-state index in [0.717, 1.165) is 0 Å². The van der Waals surface area contributed by atoms with Crippen molar-refractivity contribution in [1.29, 1.82) is 0 Å². The molecule has 5 amide bonds. The number of imide groups is 1. The van der Waals surface area contributed by atoms with Crippen LogP contribution in [-0.4, -0.2) is 46.6 Å². The Morgan fingerprint density at radius 1 is 1.11 bits per heavy atom. The zero-order valence-electron chi connectivity index (χ0n) is 10.2. The van der Waals surface area contributed by atoms with Gasteiger partial charge in [-0.05, 0) is 6.92 Å². The maximum absolute atomic E-state index is 11.7. The van der Waals surface area contributed by atoms with Gasteiger partial charge in [-0.25, -0.2) is 26.3 Å². The van der Waals surface area contributed by atoms with Crippen molar-refractivity contribution in [2.24, 2.45) is 23.2 Å². The molecule has 0 rings (SSSR count). The molecule has 11 nitrogen and oxygen atoms in total. The van der Waals surface area contributed by atoms with Gasteiger partial charge in [0.05, 0.1) is 13.0 Å². The predicted octanol–water partition coefficient (Wildman–Crippen LogP) is -2.66. The standard InChI is InChI=1S/C8H16N6O5/c1-2-19-5(15)3-4(13(11)7(9)17)6(16)14(12)8(10)18/h4H,2-3,11-12H2,1H3,(H2,9,17)(H2,10,18). The van der Waals surface area contributed by atoms with Gasteiger partial charge in [0.1, 0.15) is 6.04 Å². The molecule has 0 aromatic carbocycles. The minimum absolute atomic E-state index is 0.0205. The van der Waals surface area contributed by atoms with Crippen LogP contribution in [0.25, 0.3) is 0 Å². The molecule has 8 N–H and O–H groups in total. The zero-order chi connectivity index (χ0) is 15.2. The first-order valence-corrected chi connectivity index (χ1v) is 5.09. The number of hydrogen-bond donors (Lipinski definition) is 4. The lowest BCUT2D eigenvalue weighted by molar-refractivity contribution is -0.148. The molecule has 0 radical (unpaired) electrons. The minimum Gasteiger partial charge on any atom is -0.466 e. The highest BCUT2D eigenvalue weighted by molar-refractivity contribution is 5.98. The van der Waals surface area contributed by atoms with E-state index < -0.39 is 36.4 Å². The molecule has 0 aromatic rings. The number of rotatable bonds is 5. The maximum Gasteiger partial charge on any atom is 0.336 e. The SMILES string of the molecule is CCOC(=O)CC(C(=O)N(N)C(N)=O)N(N)C(N)=O. The Labute approximate surface area is 108 Å². The van der Waals surface area contributed by atoms with Crippen molar-refractivity contribution in [2.45, 2.75) is 19.4 Å². The first-order chi connectivity index (χ1) is 8.72. The van der Waals surface area contributed by atoms with E-state index in [1.807, 2.05) is 0 Å². The summed E-state index contributed by atoms with van der Waals surface area (Å²) in [4.78, 5) is 44.7. The molecule has 0 aromatic heterocycles. The Bertz CT molecular complexity index is 386. The van der Waals surface area contributed by atoms with Gasteiger partial charge in [0.25, 0.3) is 5.91 Å². The van der Waals surface area contributed by atoms with Crippen LogP contribution in [0.1, 0.15) is 13.3 Å². The molecule has 0 aliphatic heterocycles. The van der Waals surface area contributed by atoms with Crippen LogP contribution in [-0.2, 0) is 14.3 Å². The summed E-state index contributed by atoms with van der Waals surface area (Å²) in [5.41, 5.74) is 9.67. The fourth-order valence-electron chi connectivity index (χ4n) is 1.11. The van der Waals surface area contributed by atoms with Crippen molar-refractivity contribution in [3.8, 4) is 0 Å². The van der Waals surface area contributed by atoms with E-state index in [4.69, 9.17) is 23.2 Å². The molecule has 19 heavy (non-hydrogen) atoms. The number of primary amides is 2. The molecule has 11 heteroatoms. The molecule has 0 aliphatic carbocycles. The lowest BCUT2D eigenvalue weighted by atomic mass is 10.2. The molecule has 0 saturated heterocycles. The summed E-state index contributed by atoms with van der Waals surface area (Å²) >= 11 is 0. The van der Waals surface area contributed by atoms with Gasteiger partial charge in [-0.15, -0.1) is 0 Å². The number of nitrogens with two attached hydrogens (primary N) is 4. The Morgan fingerprint density at radius 2 is 1.63 bits per heavy atom. The van der Waals surface area contributed by atoms with E-state index in [0.29, 0.717) is 0 Å². The van der Waals surface area contributed by atoms with Crippen LogP contribution in [0.4, 0.5) is 9.59 Å². The maximum atomic E-state index is 11.7. The summed E-state index contributed by atoms with van der Waals surface area (Å²) in [6.07, 6.45) is -0.618. The summed E-state index contributed by atoms with van der Waals surface area (Å²) in [6.45, 7) is 1.60. The van der Waals surface area contributed by atoms with Gasteiger partial charge >= 0.3 is 18.0 Å². The largest absolute Gasteiger partial charge is 0.466 e. The van der Waals surface area contributed by atoms with E-state index in [1.165, 1.54) is 0 Å². The van der Waals surface area contributed by atoms with E-state index in [-0.39, 0.29) is 16.6 Å². The molecule has 0 spiro atoms.